The van der Waals surface area contributed by atoms with E-state index in [2.05, 4.69) is 25.7 Å². The lowest BCUT2D eigenvalue weighted by atomic mass is 10.2. The van der Waals surface area contributed by atoms with Gasteiger partial charge in [0.05, 0.1) is 11.1 Å². The highest BCUT2D eigenvalue weighted by molar-refractivity contribution is 6.30. The summed E-state index contributed by atoms with van der Waals surface area (Å²) in [6.07, 6.45) is 1.49. The van der Waals surface area contributed by atoms with Crippen LogP contribution in [0.5, 0.6) is 11.5 Å². The summed E-state index contributed by atoms with van der Waals surface area (Å²) in [7, 11) is 0. The molecule has 0 amide bonds. The molecule has 0 fully saturated rings. The monoisotopic (exact) mass is 400 g/mol. The second-order valence-corrected chi connectivity index (χ2v) is 5.93. The number of aromatic nitrogens is 3. The molecular formula is C17H13ClN6O4. The van der Waals surface area contributed by atoms with E-state index in [1.54, 1.807) is 31.2 Å². The Morgan fingerprint density at radius 3 is 2.68 bits per heavy atom. The SMILES string of the molecule is Cc1nnc(N/N=C\c2ccc(Oc3ccc(Cl)cc3[N+](=O)[O-])cc2)[nH]c1=O. The molecule has 0 radical (unpaired) electrons. The molecule has 0 saturated heterocycles. The Bertz CT molecular complexity index is 1100. The van der Waals surface area contributed by atoms with Gasteiger partial charge in [0.1, 0.15) is 11.4 Å². The topological polar surface area (TPSA) is 135 Å². The van der Waals surface area contributed by atoms with Gasteiger partial charge in [0.2, 0.25) is 11.7 Å². The molecule has 0 bridgehead atoms. The zero-order chi connectivity index (χ0) is 20.1. The first-order chi connectivity index (χ1) is 13.4. The van der Waals surface area contributed by atoms with Gasteiger partial charge in [-0.05, 0) is 48.9 Å². The Labute approximate surface area is 163 Å². The van der Waals surface area contributed by atoms with E-state index in [-0.39, 0.29) is 33.7 Å². The van der Waals surface area contributed by atoms with Crippen molar-refractivity contribution in [1.82, 2.24) is 15.2 Å². The maximum atomic E-state index is 11.4. The number of hydrogen-bond donors (Lipinski definition) is 2. The van der Waals surface area contributed by atoms with Crippen LogP contribution in [0.2, 0.25) is 5.02 Å². The lowest BCUT2D eigenvalue weighted by Gasteiger charge is -2.06. The van der Waals surface area contributed by atoms with Gasteiger partial charge in [0, 0.05) is 11.1 Å². The molecule has 3 rings (SSSR count). The van der Waals surface area contributed by atoms with Crippen LogP contribution in [0.3, 0.4) is 0 Å². The van der Waals surface area contributed by atoms with Crippen LogP contribution in [0.1, 0.15) is 11.3 Å². The van der Waals surface area contributed by atoms with Crippen LogP contribution in [0.15, 0.2) is 52.4 Å². The number of nitrogens with one attached hydrogen (secondary N) is 2. The van der Waals surface area contributed by atoms with Crippen molar-refractivity contribution >= 4 is 29.5 Å². The minimum atomic E-state index is -0.563. The molecule has 0 atom stereocenters. The third kappa shape index (κ3) is 4.68. The van der Waals surface area contributed by atoms with Crippen LogP contribution in [0.25, 0.3) is 0 Å². The zero-order valence-electron chi connectivity index (χ0n) is 14.4. The number of aryl methyl sites for hydroxylation is 1. The van der Waals surface area contributed by atoms with E-state index >= 15 is 0 Å². The Hall–Kier alpha value is -3.79. The molecule has 3 aromatic rings. The molecule has 2 N–H and O–H groups in total. The average Bonchev–Trinajstić information content (AvgIpc) is 2.67. The van der Waals surface area contributed by atoms with Gasteiger partial charge < -0.3 is 4.74 Å². The molecule has 1 aromatic heterocycles. The third-order valence-electron chi connectivity index (χ3n) is 3.47. The van der Waals surface area contributed by atoms with E-state index in [1.807, 2.05) is 0 Å². The van der Waals surface area contributed by atoms with Gasteiger partial charge in [-0.2, -0.15) is 5.10 Å². The molecule has 142 valence electrons. The number of ether oxygens (including phenoxy) is 1. The van der Waals surface area contributed by atoms with Gasteiger partial charge in [-0.1, -0.05) is 11.6 Å². The fourth-order valence-corrected chi connectivity index (χ4v) is 2.25. The molecule has 0 aliphatic heterocycles. The molecule has 0 spiro atoms. The molecule has 2 aromatic carbocycles. The largest absolute Gasteiger partial charge is 0.450 e. The van der Waals surface area contributed by atoms with Crippen molar-refractivity contribution in [3.63, 3.8) is 0 Å². The number of H-pyrrole nitrogens is 1. The van der Waals surface area contributed by atoms with Crippen molar-refractivity contribution in [2.45, 2.75) is 6.92 Å². The average molecular weight is 401 g/mol. The number of anilines is 1. The predicted octanol–water partition coefficient (Wildman–Crippen LogP) is 3.27. The van der Waals surface area contributed by atoms with Crippen LogP contribution in [-0.2, 0) is 0 Å². The van der Waals surface area contributed by atoms with Gasteiger partial charge in [-0.25, -0.2) is 5.43 Å². The summed E-state index contributed by atoms with van der Waals surface area (Å²) in [5.74, 6) is 0.602. The number of aromatic amines is 1. The highest BCUT2D eigenvalue weighted by Gasteiger charge is 2.16. The molecule has 28 heavy (non-hydrogen) atoms. The first-order valence-electron chi connectivity index (χ1n) is 7.87. The van der Waals surface area contributed by atoms with Crippen molar-refractivity contribution in [2.24, 2.45) is 5.10 Å². The minimum Gasteiger partial charge on any atom is -0.450 e. The van der Waals surface area contributed by atoms with E-state index in [0.29, 0.717) is 11.3 Å². The summed E-state index contributed by atoms with van der Waals surface area (Å²) in [5.41, 5.74) is 2.95. The van der Waals surface area contributed by atoms with Crippen molar-refractivity contribution in [3.8, 4) is 11.5 Å². The Morgan fingerprint density at radius 2 is 2.00 bits per heavy atom. The predicted molar refractivity (Wildman–Crippen MR) is 103 cm³/mol. The highest BCUT2D eigenvalue weighted by atomic mass is 35.5. The highest BCUT2D eigenvalue weighted by Crippen LogP contribution is 2.33. The molecule has 1 heterocycles. The van der Waals surface area contributed by atoms with Crippen molar-refractivity contribution in [2.75, 3.05) is 5.43 Å². The standard InChI is InChI=1S/C17H13ClN6O4/c1-10-16(25)20-17(23-21-10)22-19-9-11-2-5-13(6-3-11)28-15-7-4-12(18)8-14(15)24(26)27/h2-9H,1H3,(H2,20,22,23,25)/b19-9-. The van der Waals surface area contributed by atoms with Crippen LogP contribution in [0, 0.1) is 17.0 Å². The number of nitrogens with zero attached hydrogens (tertiary/aromatic N) is 4. The first kappa shape index (κ1) is 19.0. The number of nitro benzene ring substituents is 1. The van der Waals surface area contributed by atoms with E-state index in [0.717, 1.165) is 0 Å². The summed E-state index contributed by atoms with van der Waals surface area (Å²) >= 11 is 5.79. The lowest BCUT2D eigenvalue weighted by Crippen LogP contribution is -2.15. The minimum absolute atomic E-state index is 0.0828. The van der Waals surface area contributed by atoms with Gasteiger partial charge in [0.15, 0.2) is 0 Å². The molecule has 0 saturated carbocycles. The lowest BCUT2D eigenvalue weighted by molar-refractivity contribution is -0.385. The number of halogens is 1. The second kappa shape index (κ2) is 8.27. The summed E-state index contributed by atoms with van der Waals surface area (Å²) in [6.45, 7) is 1.54. The van der Waals surface area contributed by atoms with E-state index in [1.165, 1.54) is 24.4 Å². The zero-order valence-corrected chi connectivity index (χ0v) is 15.2. The molecule has 0 aliphatic rings. The summed E-state index contributed by atoms with van der Waals surface area (Å²) < 4.78 is 5.56. The van der Waals surface area contributed by atoms with E-state index in [4.69, 9.17) is 16.3 Å². The molecule has 0 aliphatic carbocycles. The Balaban J connectivity index is 1.67. The normalized spacial score (nSPS) is 10.8. The fourth-order valence-electron chi connectivity index (χ4n) is 2.08. The van der Waals surface area contributed by atoms with Crippen molar-refractivity contribution < 1.29 is 9.66 Å². The van der Waals surface area contributed by atoms with Crippen molar-refractivity contribution in [1.29, 1.82) is 0 Å². The van der Waals surface area contributed by atoms with Crippen LogP contribution >= 0.6 is 11.6 Å². The molecule has 10 nitrogen and oxygen atoms in total. The quantitative estimate of drug-likeness (QED) is 0.368. The number of hydrogen-bond acceptors (Lipinski definition) is 8. The maximum absolute atomic E-state index is 11.4. The van der Waals surface area contributed by atoms with Gasteiger partial charge >= 0.3 is 5.69 Å². The van der Waals surface area contributed by atoms with Crippen LogP contribution < -0.4 is 15.7 Å². The Kier molecular flexibility index (Phi) is 5.61. The summed E-state index contributed by atoms with van der Waals surface area (Å²) in [4.78, 5) is 24.5. The van der Waals surface area contributed by atoms with E-state index in [9.17, 15) is 14.9 Å². The van der Waals surface area contributed by atoms with Gasteiger partial charge in [-0.3, -0.25) is 19.9 Å². The summed E-state index contributed by atoms with van der Waals surface area (Å²) in [5, 5.41) is 22.7. The Morgan fingerprint density at radius 1 is 1.25 bits per heavy atom. The molecule has 11 heteroatoms. The molecular weight excluding hydrogens is 388 g/mol. The summed E-state index contributed by atoms with van der Waals surface area (Å²) in [6, 6.07) is 10.8. The fraction of sp³-hybridized carbons (Fsp3) is 0.0588. The van der Waals surface area contributed by atoms with Gasteiger partial charge in [0.25, 0.3) is 5.56 Å². The second-order valence-electron chi connectivity index (χ2n) is 5.50. The molecule has 0 unspecified atom stereocenters. The number of benzene rings is 2. The number of nitro groups is 1. The first-order valence-corrected chi connectivity index (χ1v) is 8.25. The third-order valence-corrected chi connectivity index (χ3v) is 3.71. The maximum Gasteiger partial charge on any atom is 0.313 e. The van der Waals surface area contributed by atoms with E-state index < -0.39 is 4.92 Å². The number of rotatable bonds is 6. The smallest absolute Gasteiger partial charge is 0.313 e. The van der Waals surface area contributed by atoms with Crippen LogP contribution in [0.4, 0.5) is 11.6 Å². The number of hydrazone groups is 1. The van der Waals surface area contributed by atoms with Gasteiger partial charge in [-0.15, -0.1) is 10.2 Å². The van der Waals surface area contributed by atoms with Crippen LogP contribution in [-0.4, -0.2) is 26.3 Å². The van der Waals surface area contributed by atoms with Crippen molar-refractivity contribution in [3.05, 3.63) is 79.2 Å².